The zero-order chi connectivity index (χ0) is 20.7. The van der Waals surface area contributed by atoms with Gasteiger partial charge in [0.1, 0.15) is 5.00 Å². The Bertz CT molecular complexity index is 1170. The molecule has 1 aliphatic carbocycles. The third-order valence-corrected chi connectivity index (χ3v) is 5.89. The summed E-state index contributed by atoms with van der Waals surface area (Å²) in [4.78, 5) is 34.9. The first-order chi connectivity index (χ1) is 13.8. The Kier molecular flexibility index (Phi) is 4.51. The van der Waals surface area contributed by atoms with Gasteiger partial charge in [0, 0.05) is 22.7 Å². The van der Waals surface area contributed by atoms with Gasteiger partial charge < -0.3 is 11.5 Å². The molecular weight excluding hydrogens is 396 g/mol. The number of thiophene rings is 1. The number of nitro benzene ring substituents is 1. The summed E-state index contributed by atoms with van der Waals surface area (Å²) in [5.41, 5.74) is 14.0. The van der Waals surface area contributed by atoms with Crippen molar-refractivity contribution < 1.29 is 14.5 Å². The summed E-state index contributed by atoms with van der Waals surface area (Å²) in [6.45, 7) is 0.236. The Morgan fingerprint density at radius 1 is 1.28 bits per heavy atom. The van der Waals surface area contributed by atoms with Gasteiger partial charge in [-0.25, -0.2) is 4.79 Å². The molecule has 0 spiro atoms. The Labute approximate surface area is 168 Å². The number of primary amides is 2. The number of fused-ring (bicyclic) bond motifs is 3. The number of anilines is 1. The van der Waals surface area contributed by atoms with E-state index in [1.165, 1.54) is 17.4 Å². The number of aromatic nitrogens is 2. The highest BCUT2D eigenvalue weighted by Crippen LogP contribution is 2.44. The molecule has 0 saturated carbocycles. The molecule has 4 rings (SSSR count). The fourth-order valence-electron chi connectivity index (χ4n) is 3.54. The maximum atomic E-state index is 11.9. The van der Waals surface area contributed by atoms with Crippen LogP contribution < -0.4 is 16.8 Å². The SMILES string of the molecule is NC(=O)Nc1sc2c(c1C(N)=O)CCc1nn(Cc3ccccc3[N+](=O)[O-])cc1-2. The van der Waals surface area contributed by atoms with Crippen LogP contribution in [0.25, 0.3) is 10.4 Å². The van der Waals surface area contributed by atoms with Crippen LogP contribution in [0.2, 0.25) is 0 Å². The van der Waals surface area contributed by atoms with Crippen LogP contribution >= 0.6 is 11.3 Å². The smallest absolute Gasteiger partial charge is 0.317 e. The van der Waals surface area contributed by atoms with Gasteiger partial charge in [-0.3, -0.25) is 24.9 Å². The van der Waals surface area contributed by atoms with Gasteiger partial charge in [0.05, 0.1) is 28.3 Å². The van der Waals surface area contributed by atoms with E-state index in [0.717, 1.165) is 21.7 Å². The average Bonchev–Trinajstić information content (AvgIpc) is 3.21. The molecule has 1 aliphatic rings. The number of urea groups is 1. The van der Waals surface area contributed by atoms with Crippen molar-refractivity contribution in [3.05, 3.63) is 63.0 Å². The molecule has 0 unspecified atom stereocenters. The molecule has 3 aromatic rings. The Morgan fingerprint density at radius 2 is 2.03 bits per heavy atom. The van der Waals surface area contributed by atoms with E-state index in [4.69, 9.17) is 11.5 Å². The number of hydrogen-bond donors (Lipinski definition) is 3. The summed E-state index contributed by atoms with van der Waals surface area (Å²) in [7, 11) is 0. The molecule has 148 valence electrons. The van der Waals surface area contributed by atoms with E-state index < -0.39 is 16.9 Å². The minimum atomic E-state index is -0.779. The first-order valence-corrected chi connectivity index (χ1v) is 9.47. The second-order valence-electron chi connectivity index (χ2n) is 6.54. The molecule has 0 bridgehead atoms. The topological polar surface area (TPSA) is 159 Å². The van der Waals surface area contributed by atoms with Crippen LogP contribution in [-0.2, 0) is 19.4 Å². The second kappa shape index (κ2) is 7.02. The monoisotopic (exact) mass is 412 g/mol. The lowest BCUT2D eigenvalue weighted by Gasteiger charge is -2.11. The zero-order valence-electron chi connectivity index (χ0n) is 15.0. The molecule has 0 saturated heterocycles. The van der Waals surface area contributed by atoms with Crippen molar-refractivity contribution in [1.82, 2.24) is 9.78 Å². The number of nitrogens with one attached hydrogen (secondary N) is 1. The van der Waals surface area contributed by atoms with Crippen molar-refractivity contribution >= 4 is 34.0 Å². The van der Waals surface area contributed by atoms with Gasteiger partial charge in [0.2, 0.25) is 0 Å². The normalized spacial score (nSPS) is 12.1. The minimum Gasteiger partial charge on any atom is -0.365 e. The lowest BCUT2D eigenvalue weighted by Crippen LogP contribution is -2.22. The molecule has 11 heteroatoms. The Balaban J connectivity index is 1.75. The number of aryl methyl sites for hydroxylation is 1. The van der Waals surface area contributed by atoms with Crippen LogP contribution in [0.4, 0.5) is 15.5 Å². The summed E-state index contributed by atoms with van der Waals surface area (Å²) >= 11 is 1.21. The molecule has 1 aromatic carbocycles. The van der Waals surface area contributed by atoms with Gasteiger partial charge in [-0.1, -0.05) is 18.2 Å². The van der Waals surface area contributed by atoms with Crippen molar-refractivity contribution in [3.8, 4) is 10.4 Å². The fraction of sp³-hybridized carbons (Fsp3) is 0.167. The number of nitrogens with zero attached hydrogens (tertiary/aromatic N) is 3. The van der Waals surface area contributed by atoms with E-state index in [2.05, 4.69) is 10.4 Å². The third-order valence-electron chi connectivity index (χ3n) is 4.71. The highest BCUT2D eigenvalue weighted by Gasteiger charge is 2.29. The van der Waals surface area contributed by atoms with Gasteiger partial charge in [-0.05, 0) is 18.4 Å². The Morgan fingerprint density at radius 3 is 2.72 bits per heavy atom. The van der Waals surface area contributed by atoms with Gasteiger partial charge in [-0.2, -0.15) is 5.10 Å². The van der Waals surface area contributed by atoms with E-state index in [1.807, 2.05) is 0 Å². The molecule has 0 fully saturated rings. The lowest BCUT2D eigenvalue weighted by molar-refractivity contribution is -0.385. The number of rotatable bonds is 5. The van der Waals surface area contributed by atoms with Crippen molar-refractivity contribution in [2.45, 2.75) is 19.4 Å². The summed E-state index contributed by atoms with van der Waals surface area (Å²) in [5.74, 6) is -0.637. The average molecular weight is 412 g/mol. The number of nitro groups is 1. The standard InChI is InChI=1S/C18H16N6O4S/c19-16(25)14-10-5-6-12-11(15(10)29-17(14)21-18(20)26)8-23(22-12)7-9-3-1-2-4-13(9)24(27)28/h1-4,8H,5-7H2,(H2,19,25)(H3,20,21,26). The maximum absolute atomic E-state index is 11.9. The summed E-state index contributed by atoms with van der Waals surface area (Å²) in [6.07, 6.45) is 2.92. The van der Waals surface area contributed by atoms with E-state index in [9.17, 15) is 19.7 Å². The van der Waals surface area contributed by atoms with Gasteiger partial charge in [0.15, 0.2) is 0 Å². The number of carbonyl (C=O) groups excluding carboxylic acids is 2. The molecule has 2 heterocycles. The molecule has 3 amide bonds. The third kappa shape index (κ3) is 3.31. The van der Waals surface area contributed by atoms with E-state index in [1.54, 1.807) is 29.1 Å². The molecule has 0 atom stereocenters. The predicted molar refractivity (Wildman–Crippen MR) is 107 cm³/mol. The number of nitrogens with two attached hydrogens (primary N) is 2. The van der Waals surface area contributed by atoms with Crippen molar-refractivity contribution in [3.63, 3.8) is 0 Å². The van der Waals surface area contributed by atoms with Crippen LogP contribution in [0, 0.1) is 10.1 Å². The maximum Gasteiger partial charge on any atom is 0.317 e. The summed E-state index contributed by atoms with van der Waals surface area (Å²) in [6, 6.07) is 5.72. The number of benzene rings is 1. The molecule has 10 nitrogen and oxygen atoms in total. The van der Waals surface area contributed by atoms with Crippen LogP contribution in [0.15, 0.2) is 30.5 Å². The molecule has 0 aliphatic heterocycles. The minimum absolute atomic E-state index is 0.0294. The largest absolute Gasteiger partial charge is 0.365 e. The number of para-hydroxylation sites is 1. The van der Waals surface area contributed by atoms with Crippen LogP contribution in [0.5, 0.6) is 0 Å². The number of carbonyl (C=O) groups is 2. The molecule has 0 radical (unpaired) electrons. The van der Waals surface area contributed by atoms with Crippen molar-refractivity contribution in [2.75, 3.05) is 5.32 Å². The molecule has 2 aromatic heterocycles. The molecule has 5 N–H and O–H groups in total. The number of hydrogen-bond acceptors (Lipinski definition) is 6. The quantitative estimate of drug-likeness (QED) is 0.432. The van der Waals surface area contributed by atoms with E-state index in [-0.39, 0.29) is 17.8 Å². The van der Waals surface area contributed by atoms with Gasteiger partial charge >= 0.3 is 6.03 Å². The summed E-state index contributed by atoms with van der Waals surface area (Å²) in [5, 5.41) is 18.6. The fourth-order valence-corrected chi connectivity index (χ4v) is 4.83. The van der Waals surface area contributed by atoms with Crippen LogP contribution in [0.3, 0.4) is 0 Å². The van der Waals surface area contributed by atoms with E-state index >= 15 is 0 Å². The van der Waals surface area contributed by atoms with E-state index in [0.29, 0.717) is 23.4 Å². The van der Waals surface area contributed by atoms with Crippen LogP contribution in [0.1, 0.15) is 27.2 Å². The van der Waals surface area contributed by atoms with Crippen molar-refractivity contribution in [1.29, 1.82) is 0 Å². The van der Waals surface area contributed by atoms with Gasteiger partial charge in [-0.15, -0.1) is 11.3 Å². The summed E-state index contributed by atoms with van der Waals surface area (Å²) < 4.78 is 1.65. The second-order valence-corrected chi connectivity index (χ2v) is 7.56. The predicted octanol–water partition coefficient (Wildman–Crippen LogP) is 2.26. The Hall–Kier alpha value is -3.73. The number of amides is 3. The zero-order valence-corrected chi connectivity index (χ0v) is 15.9. The highest BCUT2D eigenvalue weighted by molar-refractivity contribution is 7.20. The van der Waals surface area contributed by atoms with Crippen LogP contribution in [-0.4, -0.2) is 26.6 Å². The van der Waals surface area contributed by atoms with Crippen molar-refractivity contribution in [2.24, 2.45) is 11.5 Å². The molecule has 29 heavy (non-hydrogen) atoms. The first kappa shape index (κ1) is 18.6. The van der Waals surface area contributed by atoms with Gasteiger partial charge in [0.25, 0.3) is 11.6 Å². The first-order valence-electron chi connectivity index (χ1n) is 8.66. The lowest BCUT2D eigenvalue weighted by atomic mass is 9.94. The highest BCUT2D eigenvalue weighted by atomic mass is 32.1. The molecular formula is C18H16N6O4S.